The van der Waals surface area contributed by atoms with Crippen LogP contribution in [0.25, 0.3) is 16.8 Å². The number of hydrogen-bond acceptors (Lipinski definition) is 2. The molecule has 112 valence electrons. The van der Waals surface area contributed by atoms with E-state index in [1.807, 2.05) is 51.1 Å². The number of rotatable bonds is 2. The summed E-state index contributed by atoms with van der Waals surface area (Å²) in [5, 5.41) is 2.24. The Morgan fingerprint density at radius 2 is 1.82 bits per heavy atom. The molecule has 0 N–H and O–H groups in total. The van der Waals surface area contributed by atoms with Crippen molar-refractivity contribution in [1.29, 1.82) is 0 Å². The zero-order valence-corrected chi connectivity index (χ0v) is 15.5. The molecule has 5 heteroatoms. The first-order chi connectivity index (χ1) is 9.35. The first kappa shape index (κ1) is 21.3. The summed E-state index contributed by atoms with van der Waals surface area (Å²) >= 11 is 3.49. The molecule has 0 radical (unpaired) electrons. The molecule has 0 aliphatic carbocycles. The van der Waals surface area contributed by atoms with Gasteiger partial charge in [0.25, 0.3) is 0 Å². The fourth-order valence-electron chi connectivity index (χ4n) is 1.93. The summed E-state index contributed by atoms with van der Waals surface area (Å²) in [6.07, 6.45) is 3.26. The van der Waals surface area contributed by atoms with Crippen molar-refractivity contribution < 1.29 is 40.8 Å². The molecule has 0 atom stereocenters. The van der Waals surface area contributed by atoms with Crippen LogP contribution in [0.1, 0.15) is 26.3 Å². The number of halogens is 2. The van der Waals surface area contributed by atoms with Crippen LogP contribution in [0.15, 0.2) is 46.9 Å². The fraction of sp³-hybridized carbons (Fsp3) is 0.235. The van der Waals surface area contributed by atoms with Gasteiger partial charge in [0, 0.05) is 10.5 Å². The topological polar surface area (TPSA) is 26.3 Å². The van der Waals surface area contributed by atoms with Gasteiger partial charge in [-0.05, 0) is 55.3 Å². The van der Waals surface area contributed by atoms with Gasteiger partial charge in [-0.15, -0.1) is 0 Å². The molecule has 2 nitrogen and oxygen atoms in total. The van der Waals surface area contributed by atoms with E-state index < -0.39 is 5.60 Å². The van der Waals surface area contributed by atoms with Crippen molar-refractivity contribution in [2.75, 3.05) is 0 Å². The molecular weight excluding hydrogens is 358 g/mol. The number of hydrogen-bond donors (Lipinski definition) is 0. The number of esters is 1. The van der Waals surface area contributed by atoms with Gasteiger partial charge < -0.3 is 17.1 Å². The molecule has 0 amide bonds. The summed E-state index contributed by atoms with van der Waals surface area (Å²) in [5.74, 6) is -0.332. The third-order valence-corrected chi connectivity index (χ3v) is 3.12. The van der Waals surface area contributed by atoms with Crippen molar-refractivity contribution in [2.24, 2.45) is 0 Å². The van der Waals surface area contributed by atoms with Crippen LogP contribution in [0.3, 0.4) is 0 Å². The van der Waals surface area contributed by atoms with Gasteiger partial charge in [0.05, 0.1) is 0 Å². The molecular formula is C17H17BrClLiO2. The summed E-state index contributed by atoms with van der Waals surface area (Å²) in [5.41, 5.74) is 0.515. The second kappa shape index (κ2) is 8.79. The van der Waals surface area contributed by atoms with E-state index in [0.717, 1.165) is 20.8 Å². The van der Waals surface area contributed by atoms with Gasteiger partial charge in [-0.2, -0.15) is 0 Å². The SMILES string of the molecule is CC(C)(C)OC(=O)/C=C/c1cc(Br)cc2ccccc12.[Cl-].[Li+]. The Labute approximate surface area is 158 Å². The predicted molar refractivity (Wildman–Crippen MR) is 86.5 cm³/mol. The molecule has 0 bridgehead atoms. The second-order valence-corrected chi connectivity index (χ2v) is 6.50. The average Bonchev–Trinajstić information content (AvgIpc) is 2.33. The number of carbonyl (C=O) groups excluding carboxylic acids is 1. The Morgan fingerprint density at radius 1 is 1.18 bits per heavy atom. The molecule has 0 heterocycles. The van der Waals surface area contributed by atoms with E-state index in [4.69, 9.17) is 4.74 Å². The van der Waals surface area contributed by atoms with Crippen LogP contribution in [-0.2, 0) is 9.53 Å². The molecule has 0 aliphatic rings. The first-order valence-electron chi connectivity index (χ1n) is 6.44. The van der Waals surface area contributed by atoms with Gasteiger partial charge in [0.15, 0.2) is 0 Å². The van der Waals surface area contributed by atoms with Crippen molar-refractivity contribution in [2.45, 2.75) is 26.4 Å². The van der Waals surface area contributed by atoms with Crippen molar-refractivity contribution in [3.8, 4) is 0 Å². The summed E-state index contributed by atoms with van der Waals surface area (Å²) in [7, 11) is 0. The third kappa shape index (κ3) is 6.18. The summed E-state index contributed by atoms with van der Waals surface area (Å²) in [6, 6.07) is 12.1. The Kier molecular flexibility index (Phi) is 8.50. The quantitative estimate of drug-likeness (QED) is 0.381. The normalized spacial score (nSPS) is 10.9. The van der Waals surface area contributed by atoms with Crippen LogP contribution in [0.5, 0.6) is 0 Å². The molecule has 0 unspecified atom stereocenters. The van der Waals surface area contributed by atoms with Gasteiger partial charge in [-0.25, -0.2) is 4.79 Å². The Hall–Kier alpha value is -0.723. The molecule has 0 aromatic heterocycles. The van der Waals surface area contributed by atoms with Crippen LogP contribution in [-0.4, -0.2) is 11.6 Å². The van der Waals surface area contributed by atoms with E-state index in [0.29, 0.717) is 0 Å². The van der Waals surface area contributed by atoms with E-state index in [2.05, 4.69) is 22.0 Å². The first-order valence-corrected chi connectivity index (χ1v) is 7.24. The Bertz CT molecular complexity index is 678. The van der Waals surface area contributed by atoms with Crippen LogP contribution in [0.4, 0.5) is 0 Å². The molecule has 0 aliphatic heterocycles. The maximum atomic E-state index is 11.7. The van der Waals surface area contributed by atoms with Crippen LogP contribution >= 0.6 is 15.9 Å². The zero-order valence-electron chi connectivity index (χ0n) is 13.2. The number of benzene rings is 2. The molecule has 0 spiro atoms. The minimum absolute atomic E-state index is 0. The summed E-state index contributed by atoms with van der Waals surface area (Å²) in [4.78, 5) is 11.7. The zero-order chi connectivity index (χ0) is 14.8. The van der Waals surface area contributed by atoms with Crippen LogP contribution in [0, 0.1) is 0 Å². The van der Waals surface area contributed by atoms with E-state index in [1.165, 1.54) is 6.08 Å². The molecule has 2 aromatic rings. The van der Waals surface area contributed by atoms with E-state index in [-0.39, 0.29) is 37.2 Å². The number of ether oxygens (including phenoxy) is 1. The van der Waals surface area contributed by atoms with E-state index >= 15 is 0 Å². The molecule has 0 fully saturated rings. The largest absolute Gasteiger partial charge is 1.00 e. The molecule has 22 heavy (non-hydrogen) atoms. The Balaban J connectivity index is 0.00000220. The molecule has 2 rings (SSSR count). The second-order valence-electron chi connectivity index (χ2n) is 5.58. The average molecular weight is 376 g/mol. The minimum Gasteiger partial charge on any atom is -1.00 e. The van der Waals surface area contributed by atoms with Crippen molar-refractivity contribution in [1.82, 2.24) is 0 Å². The summed E-state index contributed by atoms with van der Waals surface area (Å²) in [6.45, 7) is 5.56. The molecule has 0 saturated heterocycles. The molecule has 0 saturated carbocycles. The van der Waals surface area contributed by atoms with Crippen LogP contribution in [0.2, 0.25) is 0 Å². The number of fused-ring (bicyclic) bond motifs is 1. The predicted octanol–water partition coefficient (Wildman–Crippen LogP) is -1.03. The number of carbonyl (C=O) groups is 1. The van der Waals surface area contributed by atoms with E-state index in [9.17, 15) is 4.79 Å². The van der Waals surface area contributed by atoms with Crippen molar-refractivity contribution in [3.05, 3.63) is 52.5 Å². The smallest absolute Gasteiger partial charge is 1.00 e. The van der Waals surface area contributed by atoms with Gasteiger partial charge in [0.1, 0.15) is 5.60 Å². The maximum absolute atomic E-state index is 11.7. The summed E-state index contributed by atoms with van der Waals surface area (Å²) < 4.78 is 6.25. The fourth-order valence-corrected chi connectivity index (χ4v) is 2.43. The standard InChI is InChI=1S/C17H17BrO2.ClH.Li/c1-17(2,3)20-16(19)9-8-13-11-14(18)10-12-6-4-5-7-15(12)13;;/h4-11H,1-3H3;1H;/q;;+1/p-1/b9-8+;;. The van der Waals surface area contributed by atoms with Gasteiger partial charge in [-0.1, -0.05) is 40.2 Å². The van der Waals surface area contributed by atoms with Gasteiger partial charge in [-0.3, -0.25) is 0 Å². The van der Waals surface area contributed by atoms with Gasteiger partial charge in [0.2, 0.25) is 0 Å². The minimum atomic E-state index is -0.471. The Morgan fingerprint density at radius 3 is 2.45 bits per heavy atom. The van der Waals surface area contributed by atoms with E-state index in [1.54, 1.807) is 6.08 Å². The van der Waals surface area contributed by atoms with Gasteiger partial charge >= 0.3 is 24.8 Å². The third-order valence-electron chi connectivity index (χ3n) is 2.66. The van der Waals surface area contributed by atoms with Crippen LogP contribution < -0.4 is 31.3 Å². The molecule has 2 aromatic carbocycles. The van der Waals surface area contributed by atoms with Crippen molar-refractivity contribution >= 4 is 38.7 Å². The monoisotopic (exact) mass is 374 g/mol. The van der Waals surface area contributed by atoms with Crippen molar-refractivity contribution in [3.63, 3.8) is 0 Å². The maximum Gasteiger partial charge on any atom is 1.00 e.